The molecule has 5 heteroatoms. The van der Waals surface area contributed by atoms with Crippen LogP contribution in [0, 0.1) is 0 Å². The van der Waals surface area contributed by atoms with Crippen LogP contribution in [-0.2, 0) is 6.54 Å². The number of carbonyl (C=O) groups excluding carboxylic acids is 1. The monoisotopic (exact) mass is 247 g/mol. The summed E-state index contributed by atoms with van der Waals surface area (Å²) < 4.78 is 0. The van der Waals surface area contributed by atoms with Crippen LogP contribution in [0.5, 0.6) is 0 Å². The van der Waals surface area contributed by atoms with Crippen LogP contribution in [0.2, 0.25) is 0 Å². The van der Waals surface area contributed by atoms with Crippen molar-refractivity contribution >= 4 is 22.9 Å². The molecule has 2 N–H and O–H groups in total. The molecule has 0 aliphatic rings. The lowest BCUT2D eigenvalue weighted by Gasteiger charge is -2.15. The van der Waals surface area contributed by atoms with Gasteiger partial charge < -0.3 is 10.6 Å². The summed E-state index contributed by atoms with van der Waals surface area (Å²) in [6.07, 6.45) is 0. The normalized spacial score (nSPS) is 10.2. The number of amides is 1. The van der Waals surface area contributed by atoms with E-state index in [2.05, 4.69) is 4.98 Å². The number of hydrogen-bond donors (Lipinski definition) is 1. The minimum Gasteiger partial charge on any atom is -0.399 e. The lowest BCUT2D eigenvalue weighted by Crippen LogP contribution is -2.26. The fraction of sp³-hybridized carbons (Fsp3) is 0.167. The molecule has 1 heterocycles. The topological polar surface area (TPSA) is 59.2 Å². The Morgan fingerprint density at radius 1 is 1.41 bits per heavy atom. The van der Waals surface area contributed by atoms with E-state index < -0.39 is 0 Å². The quantitative estimate of drug-likeness (QED) is 0.844. The minimum atomic E-state index is -0.0296. The van der Waals surface area contributed by atoms with Crippen LogP contribution >= 0.6 is 11.3 Å². The van der Waals surface area contributed by atoms with Crippen LogP contribution < -0.4 is 5.73 Å². The third-order valence-electron chi connectivity index (χ3n) is 2.39. The Labute approximate surface area is 104 Å². The summed E-state index contributed by atoms with van der Waals surface area (Å²) in [7, 11) is 1.76. The average molecular weight is 247 g/mol. The van der Waals surface area contributed by atoms with E-state index in [0.717, 1.165) is 5.69 Å². The Bertz CT molecular complexity index is 493. The van der Waals surface area contributed by atoms with Crippen molar-refractivity contribution in [2.24, 2.45) is 0 Å². The Morgan fingerprint density at radius 2 is 2.12 bits per heavy atom. The first kappa shape index (κ1) is 11.6. The van der Waals surface area contributed by atoms with Gasteiger partial charge in [0.1, 0.15) is 0 Å². The standard InChI is InChI=1S/C12H13N3OS/c1-15(6-11-7-17-8-14-11)12(16)9-2-4-10(13)5-3-9/h2-5,7-8H,6,13H2,1H3. The van der Waals surface area contributed by atoms with Crippen molar-refractivity contribution in [2.45, 2.75) is 6.54 Å². The average Bonchev–Trinajstić information content (AvgIpc) is 2.82. The number of nitrogens with two attached hydrogens (primary N) is 1. The van der Waals surface area contributed by atoms with Gasteiger partial charge in [-0.05, 0) is 24.3 Å². The Kier molecular flexibility index (Phi) is 3.39. The second-order valence-electron chi connectivity index (χ2n) is 3.76. The lowest BCUT2D eigenvalue weighted by atomic mass is 10.2. The van der Waals surface area contributed by atoms with Crippen LogP contribution in [0.4, 0.5) is 5.69 Å². The number of aromatic nitrogens is 1. The third-order valence-corrected chi connectivity index (χ3v) is 3.02. The second kappa shape index (κ2) is 4.97. The van der Waals surface area contributed by atoms with Gasteiger partial charge in [0.05, 0.1) is 17.7 Å². The molecule has 0 saturated carbocycles. The summed E-state index contributed by atoms with van der Waals surface area (Å²) in [5.74, 6) is -0.0296. The van der Waals surface area contributed by atoms with Gasteiger partial charge in [0.2, 0.25) is 0 Å². The van der Waals surface area contributed by atoms with Crippen LogP contribution in [0.3, 0.4) is 0 Å². The predicted molar refractivity (Wildman–Crippen MR) is 68.8 cm³/mol. The highest BCUT2D eigenvalue weighted by Gasteiger charge is 2.12. The van der Waals surface area contributed by atoms with Crippen LogP contribution in [0.1, 0.15) is 16.1 Å². The number of nitrogens with zero attached hydrogens (tertiary/aromatic N) is 2. The molecular formula is C12H13N3OS. The smallest absolute Gasteiger partial charge is 0.253 e. The molecule has 88 valence electrons. The summed E-state index contributed by atoms with van der Waals surface area (Å²) in [6, 6.07) is 6.91. The highest BCUT2D eigenvalue weighted by atomic mass is 32.1. The summed E-state index contributed by atoms with van der Waals surface area (Å²) in [4.78, 5) is 17.8. The number of carbonyl (C=O) groups is 1. The van der Waals surface area contributed by atoms with Crippen molar-refractivity contribution < 1.29 is 4.79 Å². The molecule has 0 spiro atoms. The molecule has 1 amide bonds. The van der Waals surface area contributed by atoms with Crippen LogP contribution in [-0.4, -0.2) is 22.8 Å². The fourth-order valence-electron chi connectivity index (χ4n) is 1.48. The van der Waals surface area contributed by atoms with Gasteiger partial charge in [-0.15, -0.1) is 11.3 Å². The summed E-state index contributed by atoms with van der Waals surface area (Å²) in [5, 5.41) is 1.94. The summed E-state index contributed by atoms with van der Waals surface area (Å²) in [5.41, 5.74) is 9.54. The maximum Gasteiger partial charge on any atom is 0.253 e. The zero-order chi connectivity index (χ0) is 12.3. The molecule has 0 fully saturated rings. The molecule has 0 bridgehead atoms. The molecule has 2 aromatic rings. The number of benzene rings is 1. The Morgan fingerprint density at radius 3 is 2.71 bits per heavy atom. The van der Waals surface area contributed by atoms with Gasteiger partial charge in [0, 0.05) is 23.7 Å². The summed E-state index contributed by atoms with van der Waals surface area (Å²) >= 11 is 1.53. The van der Waals surface area contributed by atoms with Crippen molar-refractivity contribution in [2.75, 3.05) is 12.8 Å². The molecule has 0 saturated heterocycles. The van der Waals surface area contributed by atoms with Crippen LogP contribution in [0.15, 0.2) is 35.2 Å². The molecule has 0 aliphatic carbocycles. The minimum absolute atomic E-state index is 0.0296. The molecule has 4 nitrogen and oxygen atoms in total. The fourth-order valence-corrected chi connectivity index (χ4v) is 2.03. The molecule has 1 aromatic carbocycles. The van der Waals surface area contributed by atoms with E-state index >= 15 is 0 Å². The van der Waals surface area contributed by atoms with Crippen molar-refractivity contribution in [3.8, 4) is 0 Å². The van der Waals surface area contributed by atoms with Gasteiger partial charge in [-0.1, -0.05) is 0 Å². The van der Waals surface area contributed by atoms with Gasteiger partial charge in [0.15, 0.2) is 0 Å². The van der Waals surface area contributed by atoms with Crippen LogP contribution in [0.25, 0.3) is 0 Å². The molecule has 0 atom stereocenters. The number of hydrogen-bond acceptors (Lipinski definition) is 4. The van der Waals surface area contributed by atoms with Gasteiger partial charge in [0.25, 0.3) is 5.91 Å². The molecule has 17 heavy (non-hydrogen) atoms. The molecule has 0 radical (unpaired) electrons. The highest BCUT2D eigenvalue weighted by Crippen LogP contribution is 2.10. The van der Waals surface area contributed by atoms with E-state index in [0.29, 0.717) is 17.8 Å². The van der Waals surface area contributed by atoms with E-state index in [1.165, 1.54) is 11.3 Å². The van der Waals surface area contributed by atoms with E-state index in [1.807, 2.05) is 5.38 Å². The zero-order valence-electron chi connectivity index (χ0n) is 9.46. The van der Waals surface area contributed by atoms with Gasteiger partial charge in [-0.2, -0.15) is 0 Å². The van der Waals surface area contributed by atoms with Crippen molar-refractivity contribution in [3.63, 3.8) is 0 Å². The van der Waals surface area contributed by atoms with Crippen molar-refractivity contribution in [1.29, 1.82) is 0 Å². The molecule has 2 rings (SSSR count). The molecule has 1 aromatic heterocycles. The first-order valence-electron chi connectivity index (χ1n) is 5.15. The van der Waals surface area contributed by atoms with Gasteiger partial charge >= 0.3 is 0 Å². The molecular weight excluding hydrogens is 234 g/mol. The first-order chi connectivity index (χ1) is 8.16. The molecule has 0 aliphatic heterocycles. The largest absolute Gasteiger partial charge is 0.399 e. The van der Waals surface area contributed by atoms with Gasteiger partial charge in [-0.25, -0.2) is 4.98 Å². The second-order valence-corrected chi connectivity index (χ2v) is 4.48. The van der Waals surface area contributed by atoms with E-state index in [4.69, 9.17) is 5.73 Å². The summed E-state index contributed by atoms with van der Waals surface area (Å²) in [6.45, 7) is 0.521. The Hall–Kier alpha value is -1.88. The van der Waals surface area contributed by atoms with E-state index in [9.17, 15) is 4.79 Å². The van der Waals surface area contributed by atoms with E-state index in [1.54, 1.807) is 41.7 Å². The van der Waals surface area contributed by atoms with Crippen molar-refractivity contribution in [3.05, 3.63) is 46.4 Å². The maximum absolute atomic E-state index is 12.0. The lowest BCUT2D eigenvalue weighted by molar-refractivity contribution is 0.0783. The predicted octanol–water partition coefficient (Wildman–Crippen LogP) is 2.00. The molecule has 0 unspecified atom stereocenters. The number of nitrogen functional groups attached to an aromatic ring is 1. The number of rotatable bonds is 3. The number of thiazole rings is 1. The van der Waals surface area contributed by atoms with E-state index in [-0.39, 0.29) is 5.91 Å². The van der Waals surface area contributed by atoms with Crippen molar-refractivity contribution in [1.82, 2.24) is 9.88 Å². The zero-order valence-corrected chi connectivity index (χ0v) is 10.3. The first-order valence-corrected chi connectivity index (χ1v) is 6.09. The Balaban J connectivity index is 2.07. The third kappa shape index (κ3) is 2.82. The maximum atomic E-state index is 12.0. The SMILES string of the molecule is CN(Cc1cscn1)C(=O)c1ccc(N)cc1. The van der Waals surface area contributed by atoms with Gasteiger partial charge in [-0.3, -0.25) is 4.79 Å². The highest BCUT2D eigenvalue weighted by molar-refractivity contribution is 7.07. The number of anilines is 1.